The van der Waals surface area contributed by atoms with Crippen LogP contribution in [0.25, 0.3) is 0 Å². The van der Waals surface area contributed by atoms with Crippen LogP contribution in [0.5, 0.6) is 0 Å². The minimum absolute atomic E-state index is 0.151. The molecule has 0 fully saturated rings. The van der Waals surface area contributed by atoms with E-state index in [9.17, 15) is 4.39 Å². The van der Waals surface area contributed by atoms with Crippen LogP contribution in [-0.4, -0.2) is 12.8 Å². The molecule has 0 aromatic heterocycles. The third-order valence-electron chi connectivity index (χ3n) is 2.09. The number of allylic oxidation sites excluding steroid dienone is 6. The van der Waals surface area contributed by atoms with Crippen LogP contribution >= 0.6 is 0 Å². The van der Waals surface area contributed by atoms with Gasteiger partial charge in [-0.15, -0.1) is 0 Å². The lowest BCUT2D eigenvalue weighted by atomic mass is 10.0. The second-order valence-electron chi connectivity index (χ2n) is 2.97. The van der Waals surface area contributed by atoms with Gasteiger partial charge < -0.3 is 0 Å². The molecule has 1 aliphatic carbocycles. The summed E-state index contributed by atoms with van der Waals surface area (Å²) < 4.78 is 12.7. The van der Waals surface area contributed by atoms with Crippen molar-refractivity contribution in [2.45, 2.75) is 19.8 Å². The lowest BCUT2D eigenvalue weighted by Crippen LogP contribution is -1.97. The maximum Gasteiger partial charge on any atom is 0.119 e. The molecule has 0 aromatic rings. The number of halogens is 1. The van der Waals surface area contributed by atoms with Gasteiger partial charge in [-0.25, -0.2) is 4.39 Å². The van der Waals surface area contributed by atoms with Crippen molar-refractivity contribution in [1.82, 2.24) is 0 Å². The van der Waals surface area contributed by atoms with Gasteiger partial charge in [-0.3, -0.25) is 4.99 Å². The van der Waals surface area contributed by atoms with E-state index in [4.69, 9.17) is 0 Å². The molecule has 1 rings (SSSR count). The summed E-state index contributed by atoms with van der Waals surface area (Å²) in [5.41, 5.74) is 2.21. The SMILES string of the molecule is C/N=C(/C)C1=CC/C=C(F)\C=C/C1. The number of hydrogen-bond donors (Lipinski definition) is 0. The summed E-state index contributed by atoms with van der Waals surface area (Å²) in [5.74, 6) is -0.151. The van der Waals surface area contributed by atoms with Crippen LogP contribution in [0.3, 0.4) is 0 Å². The molecule has 0 N–H and O–H groups in total. The molecule has 0 saturated heterocycles. The highest BCUT2D eigenvalue weighted by Crippen LogP contribution is 2.13. The van der Waals surface area contributed by atoms with Crippen molar-refractivity contribution < 1.29 is 4.39 Å². The maximum absolute atomic E-state index is 12.7. The Balaban J connectivity index is 2.81. The van der Waals surface area contributed by atoms with Crippen molar-refractivity contribution >= 4 is 5.71 Å². The van der Waals surface area contributed by atoms with Crippen molar-refractivity contribution in [2.24, 2.45) is 4.99 Å². The van der Waals surface area contributed by atoms with Gasteiger partial charge in [-0.1, -0.05) is 12.2 Å². The Labute approximate surface area is 78.4 Å². The number of hydrogen-bond acceptors (Lipinski definition) is 1. The Morgan fingerprint density at radius 2 is 2.23 bits per heavy atom. The first-order valence-electron chi connectivity index (χ1n) is 4.39. The second kappa shape index (κ2) is 4.75. The standard InChI is InChI=1S/C11H14FN/c1-9(13-2)10-5-3-7-11(12)8-4-6-10/h3,6-8H,4-5H2,1-2H3/b7-3-,10-6?,11-8+,13-9-. The molecule has 0 saturated carbocycles. The van der Waals surface area contributed by atoms with Crippen molar-refractivity contribution in [2.75, 3.05) is 7.05 Å². The Morgan fingerprint density at radius 3 is 2.92 bits per heavy atom. The third-order valence-corrected chi connectivity index (χ3v) is 2.09. The monoisotopic (exact) mass is 179 g/mol. The zero-order valence-electron chi connectivity index (χ0n) is 8.05. The van der Waals surface area contributed by atoms with E-state index < -0.39 is 0 Å². The molecule has 0 bridgehead atoms. The molecule has 0 radical (unpaired) electrons. The summed E-state index contributed by atoms with van der Waals surface area (Å²) in [6.07, 6.45) is 8.34. The van der Waals surface area contributed by atoms with Crippen molar-refractivity contribution in [3.8, 4) is 0 Å². The van der Waals surface area contributed by atoms with E-state index in [1.54, 1.807) is 13.1 Å². The van der Waals surface area contributed by atoms with Gasteiger partial charge in [0.05, 0.1) is 0 Å². The topological polar surface area (TPSA) is 12.4 Å². The van der Waals surface area contributed by atoms with Gasteiger partial charge >= 0.3 is 0 Å². The summed E-state index contributed by atoms with van der Waals surface area (Å²) in [6.45, 7) is 1.97. The van der Waals surface area contributed by atoms with Crippen LogP contribution in [0.2, 0.25) is 0 Å². The predicted molar refractivity (Wildman–Crippen MR) is 54.7 cm³/mol. The van der Waals surface area contributed by atoms with Crippen LogP contribution in [0, 0.1) is 0 Å². The Hall–Kier alpha value is -1.18. The van der Waals surface area contributed by atoms with Gasteiger partial charge in [0.1, 0.15) is 5.83 Å². The van der Waals surface area contributed by atoms with E-state index in [2.05, 4.69) is 4.99 Å². The molecule has 0 aliphatic heterocycles. The first kappa shape index (κ1) is 9.90. The summed E-state index contributed by atoms with van der Waals surface area (Å²) in [4.78, 5) is 4.10. The van der Waals surface area contributed by atoms with E-state index in [0.29, 0.717) is 6.42 Å². The van der Waals surface area contributed by atoms with Gasteiger partial charge in [-0.2, -0.15) is 0 Å². The van der Waals surface area contributed by atoms with Gasteiger partial charge in [0, 0.05) is 12.8 Å². The van der Waals surface area contributed by atoms with E-state index >= 15 is 0 Å². The van der Waals surface area contributed by atoms with Crippen molar-refractivity contribution in [3.05, 3.63) is 35.7 Å². The lowest BCUT2D eigenvalue weighted by molar-refractivity contribution is 0.661. The molecule has 0 aromatic carbocycles. The minimum atomic E-state index is -0.151. The van der Waals surface area contributed by atoms with E-state index in [0.717, 1.165) is 12.1 Å². The van der Waals surface area contributed by atoms with Gasteiger partial charge in [0.2, 0.25) is 0 Å². The number of nitrogens with zero attached hydrogens (tertiary/aromatic N) is 1. The molecular formula is C11H14FN. The summed E-state index contributed by atoms with van der Waals surface area (Å²) in [6, 6.07) is 0. The van der Waals surface area contributed by atoms with Crippen LogP contribution in [0.1, 0.15) is 19.8 Å². The summed E-state index contributed by atoms with van der Waals surface area (Å²) >= 11 is 0. The summed E-state index contributed by atoms with van der Waals surface area (Å²) in [5, 5.41) is 0. The molecule has 2 heteroatoms. The first-order chi connectivity index (χ1) is 6.24. The van der Waals surface area contributed by atoms with Gasteiger partial charge in [-0.05, 0) is 37.5 Å². The van der Waals surface area contributed by atoms with Gasteiger partial charge in [0.15, 0.2) is 0 Å². The average molecular weight is 179 g/mol. The minimum Gasteiger partial charge on any atom is -0.293 e. The predicted octanol–water partition coefficient (Wildman–Crippen LogP) is 3.21. The molecule has 0 atom stereocenters. The first-order valence-corrected chi connectivity index (χ1v) is 4.39. The highest BCUT2D eigenvalue weighted by molar-refractivity contribution is 5.98. The van der Waals surface area contributed by atoms with E-state index in [-0.39, 0.29) is 5.83 Å². The quantitative estimate of drug-likeness (QED) is 0.548. The second-order valence-corrected chi connectivity index (χ2v) is 2.97. The molecule has 0 spiro atoms. The summed E-state index contributed by atoms with van der Waals surface area (Å²) in [7, 11) is 1.77. The van der Waals surface area contributed by atoms with Crippen molar-refractivity contribution in [1.29, 1.82) is 0 Å². The molecular weight excluding hydrogens is 165 g/mol. The number of aliphatic imine (C=N–C) groups is 1. The molecule has 70 valence electrons. The van der Waals surface area contributed by atoms with Crippen molar-refractivity contribution in [3.63, 3.8) is 0 Å². The fraction of sp³-hybridized carbons (Fsp3) is 0.364. The smallest absolute Gasteiger partial charge is 0.119 e. The zero-order valence-corrected chi connectivity index (χ0v) is 8.05. The van der Waals surface area contributed by atoms with Crippen LogP contribution in [0.4, 0.5) is 4.39 Å². The normalized spacial score (nSPS) is 25.3. The Morgan fingerprint density at radius 1 is 1.46 bits per heavy atom. The molecule has 1 aliphatic rings. The highest BCUT2D eigenvalue weighted by atomic mass is 19.1. The zero-order chi connectivity index (χ0) is 9.68. The maximum atomic E-state index is 12.7. The average Bonchev–Trinajstić information content (AvgIpc) is 2.10. The Kier molecular flexibility index (Phi) is 3.62. The fourth-order valence-corrected chi connectivity index (χ4v) is 1.20. The molecule has 0 unspecified atom stereocenters. The third kappa shape index (κ3) is 2.98. The highest BCUT2D eigenvalue weighted by Gasteiger charge is 2.00. The van der Waals surface area contributed by atoms with E-state index in [1.165, 1.54) is 11.6 Å². The lowest BCUT2D eigenvalue weighted by Gasteiger charge is -2.04. The molecule has 13 heavy (non-hydrogen) atoms. The fourth-order valence-electron chi connectivity index (χ4n) is 1.20. The molecule has 0 amide bonds. The van der Waals surface area contributed by atoms with Crippen LogP contribution < -0.4 is 0 Å². The van der Waals surface area contributed by atoms with Gasteiger partial charge in [0.25, 0.3) is 0 Å². The molecule has 0 heterocycles. The Bertz CT molecular complexity index is 295. The number of rotatable bonds is 1. The largest absolute Gasteiger partial charge is 0.293 e. The molecule has 1 nitrogen and oxygen atoms in total. The van der Waals surface area contributed by atoms with Crippen LogP contribution in [0.15, 0.2) is 40.7 Å². The van der Waals surface area contributed by atoms with Crippen LogP contribution in [-0.2, 0) is 0 Å². The van der Waals surface area contributed by atoms with E-state index in [1.807, 2.05) is 19.1 Å².